The first-order valence-electron chi connectivity index (χ1n) is 19.2. The van der Waals surface area contributed by atoms with Gasteiger partial charge in [-0.05, 0) is 80.6 Å². The third-order valence-corrected chi connectivity index (χ3v) is 11.6. The average molecular weight is 717 g/mol. The molecule has 0 amide bonds. The second-order valence-electron chi connectivity index (χ2n) is 15.2. The predicted molar refractivity (Wildman–Crippen MR) is 231 cm³/mol. The van der Waals surface area contributed by atoms with E-state index in [0.717, 1.165) is 27.9 Å². The lowest BCUT2D eigenvalue weighted by atomic mass is 9.79. The van der Waals surface area contributed by atoms with Gasteiger partial charge in [-0.2, -0.15) is 0 Å². The van der Waals surface area contributed by atoms with Crippen LogP contribution in [0.25, 0.3) is 94.7 Å². The molecule has 11 rings (SSSR count). The van der Waals surface area contributed by atoms with E-state index in [-0.39, 0.29) is 5.41 Å². The van der Waals surface area contributed by atoms with Crippen molar-refractivity contribution in [3.63, 3.8) is 0 Å². The molecule has 0 saturated heterocycles. The molecule has 2 aromatic heterocycles. The van der Waals surface area contributed by atoms with Crippen LogP contribution in [-0.2, 0) is 5.41 Å². The van der Waals surface area contributed by atoms with Gasteiger partial charge in [-0.25, -0.2) is 15.0 Å². The second-order valence-corrected chi connectivity index (χ2v) is 15.2. The van der Waals surface area contributed by atoms with Gasteiger partial charge in [-0.1, -0.05) is 159 Å². The minimum absolute atomic E-state index is 0.219. The average Bonchev–Trinajstić information content (AvgIpc) is 3.71. The summed E-state index contributed by atoms with van der Waals surface area (Å²) in [6.45, 7) is 4.78. The van der Waals surface area contributed by atoms with E-state index >= 15 is 0 Å². The Morgan fingerprint density at radius 2 is 0.911 bits per heavy atom. The molecule has 0 aliphatic heterocycles. The molecular weight excluding hydrogens is 681 g/mol. The van der Waals surface area contributed by atoms with Gasteiger partial charge in [-0.3, -0.25) is 0 Å². The highest BCUT2D eigenvalue weighted by Crippen LogP contribution is 2.55. The topological polar surface area (TPSA) is 43.6 Å². The van der Waals surface area contributed by atoms with E-state index in [1.807, 2.05) is 60.7 Å². The molecular formula is C52H36N4. The van der Waals surface area contributed by atoms with Crippen LogP contribution in [-0.4, -0.2) is 19.5 Å². The van der Waals surface area contributed by atoms with Crippen LogP contribution >= 0.6 is 0 Å². The molecule has 0 N–H and O–H groups in total. The molecule has 264 valence electrons. The fourth-order valence-corrected chi connectivity index (χ4v) is 9.01. The molecule has 0 fully saturated rings. The monoisotopic (exact) mass is 716 g/mol. The molecule has 0 atom stereocenters. The molecule has 0 spiro atoms. The highest BCUT2D eigenvalue weighted by atomic mass is 15.0. The smallest absolute Gasteiger partial charge is 0.164 e. The molecule has 0 radical (unpaired) electrons. The standard InChI is InChI=1S/C52H36N4/c1-52(2)45-32-47-43(31-42(45)44-30-41(33-17-6-3-7-18-33)38-25-12-13-27-40(38)48(44)52)39-26-14-15-28-46(39)56(47)37-24-16-23-36(29-37)51-54-49(34-19-8-4-9-20-34)53-50(55-51)35-21-10-5-11-22-35/h3-32H,1-2H3. The molecule has 0 bridgehead atoms. The molecule has 1 aliphatic carbocycles. The maximum atomic E-state index is 5.06. The number of benzene rings is 8. The van der Waals surface area contributed by atoms with Gasteiger partial charge in [0.25, 0.3) is 0 Å². The maximum absolute atomic E-state index is 5.06. The first kappa shape index (κ1) is 32.3. The summed E-state index contributed by atoms with van der Waals surface area (Å²) in [6.07, 6.45) is 0. The minimum Gasteiger partial charge on any atom is -0.309 e. The highest BCUT2D eigenvalue weighted by molar-refractivity contribution is 6.13. The summed E-state index contributed by atoms with van der Waals surface area (Å²) < 4.78 is 2.42. The molecule has 2 heterocycles. The van der Waals surface area contributed by atoms with E-state index in [1.54, 1.807) is 0 Å². The highest BCUT2D eigenvalue weighted by Gasteiger charge is 2.38. The van der Waals surface area contributed by atoms with Crippen LogP contribution < -0.4 is 0 Å². The van der Waals surface area contributed by atoms with Gasteiger partial charge < -0.3 is 4.57 Å². The Labute approximate surface area is 325 Å². The lowest BCUT2D eigenvalue weighted by molar-refractivity contribution is 0.667. The van der Waals surface area contributed by atoms with Crippen molar-refractivity contribution in [2.45, 2.75) is 19.3 Å². The zero-order valence-electron chi connectivity index (χ0n) is 31.1. The van der Waals surface area contributed by atoms with Crippen molar-refractivity contribution in [3.05, 3.63) is 193 Å². The molecule has 1 aliphatic rings. The van der Waals surface area contributed by atoms with E-state index in [1.165, 1.54) is 60.4 Å². The van der Waals surface area contributed by atoms with Gasteiger partial charge in [0.15, 0.2) is 17.5 Å². The van der Waals surface area contributed by atoms with Gasteiger partial charge in [0.05, 0.1) is 11.0 Å². The molecule has 10 aromatic rings. The molecule has 56 heavy (non-hydrogen) atoms. The van der Waals surface area contributed by atoms with Gasteiger partial charge in [-0.15, -0.1) is 0 Å². The van der Waals surface area contributed by atoms with Crippen LogP contribution in [0, 0.1) is 0 Å². The van der Waals surface area contributed by atoms with Gasteiger partial charge in [0, 0.05) is 38.6 Å². The zero-order chi connectivity index (χ0) is 37.4. The molecule has 0 saturated carbocycles. The van der Waals surface area contributed by atoms with Crippen molar-refractivity contribution >= 4 is 32.6 Å². The lowest BCUT2D eigenvalue weighted by Gasteiger charge is -2.24. The number of para-hydroxylation sites is 1. The second kappa shape index (κ2) is 12.4. The third kappa shape index (κ3) is 4.96. The minimum atomic E-state index is -0.219. The Bertz CT molecular complexity index is 3090. The first-order chi connectivity index (χ1) is 27.5. The number of rotatable bonds is 5. The molecule has 0 unspecified atom stereocenters. The summed E-state index contributed by atoms with van der Waals surface area (Å²) in [7, 11) is 0. The fraction of sp³-hybridized carbons (Fsp3) is 0.0577. The van der Waals surface area contributed by atoms with E-state index in [2.05, 4.69) is 140 Å². The first-order valence-corrected chi connectivity index (χ1v) is 19.2. The maximum Gasteiger partial charge on any atom is 0.164 e. The van der Waals surface area contributed by atoms with Crippen LogP contribution in [0.1, 0.15) is 25.0 Å². The number of hydrogen-bond acceptors (Lipinski definition) is 3. The number of aromatic nitrogens is 4. The van der Waals surface area contributed by atoms with E-state index < -0.39 is 0 Å². The van der Waals surface area contributed by atoms with Crippen molar-refractivity contribution in [2.75, 3.05) is 0 Å². The van der Waals surface area contributed by atoms with Crippen molar-refractivity contribution in [1.29, 1.82) is 0 Å². The number of nitrogens with zero attached hydrogens (tertiary/aromatic N) is 4. The quantitative estimate of drug-likeness (QED) is 0.178. The summed E-state index contributed by atoms with van der Waals surface area (Å²) in [4.78, 5) is 15.0. The molecule has 4 heteroatoms. The van der Waals surface area contributed by atoms with Crippen molar-refractivity contribution in [3.8, 4) is 62.1 Å². The van der Waals surface area contributed by atoms with Crippen LogP contribution in [0.15, 0.2) is 182 Å². The lowest BCUT2D eigenvalue weighted by Crippen LogP contribution is -2.15. The fourth-order valence-electron chi connectivity index (χ4n) is 9.01. The van der Waals surface area contributed by atoms with E-state index in [9.17, 15) is 0 Å². The summed E-state index contributed by atoms with van der Waals surface area (Å²) in [5, 5.41) is 5.07. The SMILES string of the molecule is CC1(C)c2cc3c(cc2-c2cc(-c4ccccc4)c4ccccc4c21)c1ccccc1n3-c1cccc(-c2nc(-c3ccccc3)nc(-c3ccccc3)n2)c1. The van der Waals surface area contributed by atoms with Crippen LogP contribution in [0.2, 0.25) is 0 Å². The third-order valence-electron chi connectivity index (χ3n) is 11.6. The number of fused-ring (bicyclic) bond motifs is 8. The van der Waals surface area contributed by atoms with Gasteiger partial charge >= 0.3 is 0 Å². The molecule has 8 aromatic carbocycles. The normalized spacial score (nSPS) is 13.0. The Morgan fingerprint density at radius 1 is 0.375 bits per heavy atom. The Hall–Kier alpha value is -7.17. The van der Waals surface area contributed by atoms with Crippen LogP contribution in [0.4, 0.5) is 0 Å². The zero-order valence-corrected chi connectivity index (χ0v) is 31.1. The predicted octanol–water partition coefficient (Wildman–Crippen LogP) is 13.1. The summed E-state index contributed by atoms with van der Waals surface area (Å²) in [6, 6.07) is 64.8. The number of hydrogen-bond donors (Lipinski definition) is 0. The molecule has 4 nitrogen and oxygen atoms in total. The van der Waals surface area contributed by atoms with Crippen molar-refractivity contribution < 1.29 is 0 Å². The Balaban J connectivity index is 1.12. The summed E-state index contributed by atoms with van der Waals surface area (Å²) in [5.41, 5.74) is 13.9. The Kier molecular flexibility index (Phi) is 7.17. The van der Waals surface area contributed by atoms with E-state index in [4.69, 9.17) is 15.0 Å². The Morgan fingerprint density at radius 3 is 1.57 bits per heavy atom. The van der Waals surface area contributed by atoms with Crippen LogP contribution in [0.3, 0.4) is 0 Å². The summed E-state index contributed by atoms with van der Waals surface area (Å²) in [5.74, 6) is 1.94. The van der Waals surface area contributed by atoms with Crippen molar-refractivity contribution in [1.82, 2.24) is 19.5 Å². The largest absolute Gasteiger partial charge is 0.309 e. The van der Waals surface area contributed by atoms with E-state index in [0.29, 0.717) is 17.5 Å². The van der Waals surface area contributed by atoms with Crippen LogP contribution in [0.5, 0.6) is 0 Å². The summed E-state index contributed by atoms with van der Waals surface area (Å²) >= 11 is 0. The van der Waals surface area contributed by atoms with Crippen molar-refractivity contribution in [2.24, 2.45) is 0 Å². The van der Waals surface area contributed by atoms with Gasteiger partial charge in [0.1, 0.15) is 0 Å². The van der Waals surface area contributed by atoms with Gasteiger partial charge in [0.2, 0.25) is 0 Å².